The van der Waals surface area contributed by atoms with Crippen LogP contribution in [0.4, 0.5) is 11.4 Å². The van der Waals surface area contributed by atoms with Crippen LogP contribution < -0.4 is 11.1 Å². The standard InChI is InChI=1S/C14H22N2O3S/c1-20(18,19)12-7-5-6-11(13(12)15)16-14(10-17)8-3-2-4-9-14/h5-7,16-17H,2-4,8-10,15H2,1H3. The quantitative estimate of drug-likeness (QED) is 0.737. The Morgan fingerprint density at radius 1 is 1.30 bits per heavy atom. The summed E-state index contributed by atoms with van der Waals surface area (Å²) in [6, 6.07) is 4.93. The van der Waals surface area contributed by atoms with Crippen LogP contribution in [0.5, 0.6) is 0 Å². The Hall–Kier alpha value is -1.27. The Morgan fingerprint density at radius 2 is 1.95 bits per heavy atom. The van der Waals surface area contributed by atoms with Crippen molar-refractivity contribution < 1.29 is 13.5 Å². The summed E-state index contributed by atoms with van der Waals surface area (Å²) < 4.78 is 23.4. The molecule has 0 atom stereocenters. The third kappa shape index (κ3) is 3.07. The van der Waals surface area contributed by atoms with Crippen molar-refractivity contribution in [3.63, 3.8) is 0 Å². The third-order valence-electron chi connectivity index (χ3n) is 3.98. The summed E-state index contributed by atoms with van der Waals surface area (Å²) in [5.41, 5.74) is 6.41. The highest BCUT2D eigenvalue weighted by atomic mass is 32.2. The van der Waals surface area contributed by atoms with Crippen molar-refractivity contribution in [3.05, 3.63) is 18.2 Å². The van der Waals surface area contributed by atoms with Crippen molar-refractivity contribution in [2.24, 2.45) is 0 Å². The number of para-hydroxylation sites is 1. The largest absolute Gasteiger partial charge is 0.396 e. The first kappa shape index (κ1) is 15.1. The van der Waals surface area contributed by atoms with Crippen molar-refractivity contribution in [2.75, 3.05) is 23.9 Å². The topological polar surface area (TPSA) is 92.4 Å². The molecule has 1 aliphatic rings. The molecule has 5 nitrogen and oxygen atoms in total. The van der Waals surface area contributed by atoms with Gasteiger partial charge in [0, 0.05) is 6.26 Å². The van der Waals surface area contributed by atoms with E-state index in [1.54, 1.807) is 12.1 Å². The predicted molar refractivity (Wildman–Crippen MR) is 80.5 cm³/mol. The average Bonchev–Trinajstić information content (AvgIpc) is 2.41. The molecule has 0 aliphatic heterocycles. The maximum Gasteiger partial charge on any atom is 0.177 e. The minimum atomic E-state index is -3.35. The van der Waals surface area contributed by atoms with Gasteiger partial charge < -0.3 is 16.2 Å². The molecule has 0 spiro atoms. The molecule has 0 amide bonds. The number of benzene rings is 1. The molecule has 0 unspecified atom stereocenters. The molecule has 1 aromatic rings. The second kappa shape index (κ2) is 5.61. The zero-order valence-corrected chi connectivity index (χ0v) is 12.5. The monoisotopic (exact) mass is 298 g/mol. The maximum absolute atomic E-state index is 11.7. The Labute approximate surface area is 120 Å². The molecule has 0 radical (unpaired) electrons. The molecular weight excluding hydrogens is 276 g/mol. The van der Waals surface area contributed by atoms with Gasteiger partial charge in [0.1, 0.15) is 0 Å². The van der Waals surface area contributed by atoms with Gasteiger partial charge in [-0.25, -0.2) is 8.42 Å². The molecule has 1 fully saturated rings. The normalized spacial score (nSPS) is 18.7. The summed E-state index contributed by atoms with van der Waals surface area (Å²) in [5.74, 6) is 0. The Balaban J connectivity index is 2.34. The molecule has 0 bridgehead atoms. The number of nitrogen functional groups attached to an aromatic ring is 1. The van der Waals surface area contributed by atoms with Gasteiger partial charge >= 0.3 is 0 Å². The van der Waals surface area contributed by atoms with Crippen LogP contribution in [0.2, 0.25) is 0 Å². The number of aliphatic hydroxyl groups excluding tert-OH is 1. The number of hydrogen-bond acceptors (Lipinski definition) is 5. The van der Waals surface area contributed by atoms with Crippen molar-refractivity contribution in [1.29, 1.82) is 0 Å². The lowest BCUT2D eigenvalue weighted by molar-refractivity contribution is 0.173. The lowest BCUT2D eigenvalue weighted by Gasteiger charge is -2.37. The average molecular weight is 298 g/mol. The van der Waals surface area contributed by atoms with Crippen LogP contribution in [0.3, 0.4) is 0 Å². The molecule has 4 N–H and O–H groups in total. The van der Waals surface area contributed by atoms with Gasteiger partial charge in [0.25, 0.3) is 0 Å². The van der Waals surface area contributed by atoms with Crippen LogP contribution in [0.15, 0.2) is 23.1 Å². The van der Waals surface area contributed by atoms with Crippen LogP contribution in [0.25, 0.3) is 0 Å². The van der Waals surface area contributed by atoms with Gasteiger partial charge in [-0.05, 0) is 25.0 Å². The van der Waals surface area contributed by atoms with E-state index in [1.807, 2.05) is 0 Å². The van der Waals surface area contributed by atoms with Gasteiger partial charge in [-0.15, -0.1) is 0 Å². The van der Waals surface area contributed by atoms with Crippen molar-refractivity contribution >= 4 is 21.2 Å². The summed E-state index contributed by atoms with van der Waals surface area (Å²) in [4.78, 5) is 0.131. The maximum atomic E-state index is 11.7. The number of nitrogens with two attached hydrogens (primary N) is 1. The molecule has 6 heteroatoms. The summed E-state index contributed by atoms with van der Waals surface area (Å²) in [6.07, 6.45) is 6.16. The first-order valence-corrected chi connectivity index (χ1v) is 8.75. The highest BCUT2D eigenvalue weighted by molar-refractivity contribution is 7.90. The van der Waals surface area contributed by atoms with Gasteiger partial charge in [-0.2, -0.15) is 0 Å². The van der Waals surface area contributed by atoms with E-state index in [0.717, 1.165) is 31.9 Å². The number of nitrogens with one attached hydrogen (secondary N) is 1. The van der Waals surface area contributed by atoms with E-state index in [1.165, 1.54) is 12.5 Å². The fourth-order valence-electron chi connectivity index (χ4n) is 2.81. The molecule has 0 heterocycles. The predicted octanol–water partition coefficient (Wildman–Crippen LogP) is 1.78. The zero-order chi connectivity index (χ0) is 14.8. The molecule has 112 valence electrons. The SMILES string of the molecule is CS(=O)(=O)c1cccc(NC2(CO)CCCCC2)c1N. The first-order valence-electron chi connectivity index (χ1n) is 6.86. The molecule has 0 saturated heterocycles. The Bertz CT molecular complexity index is 578. The van der Waals surface area contributed by atoms with E-state index in [0.29, 0.717) is 5.69 Å². The highest BCUT2D eigenvalue weighted by Gasteiger charge is 2.32. The Kier molecular flexibility index (Phi) is 4.25. The molecule has 1 aliphatic carbocycles. The minimum absolute atomic E-state index is 0.0234. The van der Waals surface area contributed by atoms with Gasteiger partial charge in [-0.3, -0.25) is 0 Å². The smallest absolute Gasteiger partial charge is 0.177 e. The summed E-state index contributed by atoms with van der Waals surface area (Å²) >= 11 is 0. The highest BCUT2D eigenvalue weighted by Crippen LogP contribution is 2.35. The lowest BCUT2D eigenvalue weighted by Crippen LogP contribution is -2.44. The van der Waals surface area contributed by atoms with Gasteiger partial charge in [0.15, 0.2) is 9.84 Å². The Morgan fingerprint density at radius 3 is 2.50 bits per heavy atom. The summed E-state index contributed by atoms with van der Waals surface area (Å²) in [6.45, 7) is 0.0234. The van der Waals surface area contributed by atoms with Crippen molar-refractivity contribution in [2.45, 2.75) is 42.5 Å². The number of aliphatic hydroxyl groups is 1. The van der Waals surface area contributed by atoms with Crippen LogP contribution in [0.1, 0.15) is 32.1 Å². The van der Waals surface area contributed by atoms with Crippen LogP contribution in [0, 0.1) is 0 Å². The van der Waals surface area contributed by atoms with E-state index in [4.69, 9.17) is 5.73 Å². The molecule has 2 rings (SSSR count). The number of sulfone groups is 1. The fraction of sp³-hybridized carbons (Fsp3) is 0.571. The van der Waals surface area contributed by atoms with E-state index in [-0.39, 0.29) is 22.7 Å². The molecule has 20 heavy (non-hydrogen) atoms. The molecule has 1 saturated carbocycles. The molecule has 1 aromatic carbocycles. The number of hydrogen-bond donors (Lipinski definition) is 3. The second-order valence-electron chi connectivity index (χ2n) is 5.61. The number of anilines is 2. The minimum Gasteiger partial charge on any atom is -0.396 e. The fourth-order valence-corrected chi connectivity index (χ4v) is 3.65. The van der Waals surface area contributed by atoms with Crippen LogP contribution >= 0.6 is 0 Å². The van der Waals surface area contributed by atoms with Crippen molar-refractivity contribution in [3.8, 4) is 0 Å². The van der Waals surface area contributed by atoms with Gasteiger partial charge in [-0.1, -0.05) is 25.3 Å². The zero-order valence-electron chi connectivity index (χ0n) is 11.7. The van der Waals surface area contributed by atoms with E-state index >= 15 is 0 Å². The van der Waals surface area contributed by atoms with E-state index in [2.05, 4.69) is 5.32 Å². The molecule has 0 aromatic heterocycles. The molecular formula is C14H22N2O3S. The summed E-state index contributed by atoms with van der Waals surface area (Å²) in [5, 5.41) is 13.0. The van der Waals surface area contributed by atoms with E-state index in [9.17, 15) is 13.5 Å². The third-order valence-corrected chi connectivity index (χ3v) is 5.13. The summed E-state index contributed by atoms with van der Waals surface area (Å²) in [7, 11) is -3.35. The van der Waals surface area contributed by atoms with Gasteiger partial charge in [0.2, 0.25) is 0 Å². The van der Waals surface area contributed by atoms with Gasteiger partial charge in [0.05, 0.1) is 28.4 Å². The van der Waals surface area contributed by atoms with Crippen LogP contribution in [-0.2, 0) is 9.84 Å². The van der Waals surface area contributed by atoms with Crippen molar-refractivity contribution in [1.82, 2.24) is 0 Å². The number of rotatable bonds is 4. The lowest BCUT2D eigenvalue weighted by atomic mass is 9.82. The first-order chi connectivity index (χ1) is 9.38. The van der Waals surface area contributed by atoms with E-state index < -0.39 is 9.84 Å². The second-order valence-corrected chi connectivity index (χ2v) is 7.60. The van der Waals surface area contributed by atoms with Crippen LogP contribution in [-0.4, -0.2) is 31.9 Å².